The molecule has 1 rings (SSSR count). The van der Waals surface area contributed by atoms with Gasteiger partial charge < -0.3 is 21.7 Å². The Kier molecular flexibility index (Phi) is 4.61. The topological polar surface area (TPSA) is 84.4 Å². The first-order valence-corrected chi connectivity index (χ1v) is 5.69. The number of nitrogen functional groups attached to an aromatic ring is 2. The predicted molar refractivity (Wildman–Crippen MR) is 72.0 cm³/mol. The van der Waals surface area contributed by atoms with Crippen LogP contribution in [0.25, 0.3) is 0 Å². The standard InChI is InChI=1S/C11H16ClFN4O/c1-17(2)8(18)3-4-16-11-7(15)5-6(14)9(12)10(11)13/h5,16H,3-4,14-15H2,1-2H3. The highest BCUT2D eigenvalue weighted by molar-refractivity contribution is 6.33. The van der Waals surface area contributed by atoms with Gasteiger partial charge in [0.2, 0.25) is 5.91 Å². The minimum absolute atomic E-state index is 0.0666. The maximum absolute atomic E-state index is 13.8. The fourth-order valence-corrected chi connectivity index (χ4v) is 1.51. The molecule has 0 saturated heterocycles. The number of halogens is 2. The lowest BCUT2D eigenvalue weighted by molar-refractivity contribution is -0.128. The van der Waals surface area contributed by atoms with Crippen LogP contribution < -0.4 is 16.8 Å². The molecular weight excluding hydrogens is 259 g/mol. The Morgan fingerprint density at radius 3 is 2.61 bits per heavy atom. The summed E-state index contributed by atoms with van der Waals surface area (Å²) >= 11 is 5.68. The van der Waals surface area contributed by atoms with E-state index < -0.39 is 5.82 Å². The molecule has 0 aromatic heterocycles. The van der Waals surface area contributed by atoms with Crippen molar-refractivity contribution in [3.05, 3.63) is 16.9 Å². The van der Waals surface area contributed by atoms with E-state index in [2.05, 4.69) is 5.32 Å². The summed E-state index contributed by atoms with van der Waals surface area (Å²) in [7, 11) is 3.30. The number of anilines is 3. The van der Waals surface area contributed by atoms with Crippen molar-refractivity contribution < 1.29 is 9.18 Å². The fourth-order valence-electron chi connectivity index (χ4n) is 1.36. The van der Waals surface area contributed by atoms with Crippen LogP contribution in [0.15, 0.2) is 6.07 Å². The van der Waals surface area contributed by atoms with Gasteiger partial charge in [-0.3, -0.25) is 4.79 Å². The Hall–Kier alpha value is -1.69. The Labute approximate surface area is 110 Å². The molecule has 0 unspecified atom stereocenters. The lowest BCUT2D eigenvalue weighted by Crippen LogP contribution is -2.24. The minimum Gasteiger partial charge on any atom is -0.397 e. The van der Waals surface area contributed by atoms with Crippen LogP contribution in [0.4, 0.5) is 21.5 Å². The van der Waals surface area contributed by atoms with Gasteiger partial charge in [0.25, 0.3) is 0 Å². The van der Waals surface area contributed by atoms with Crippen molar-refractivity contribution in [2.75, 3.05) is 37.4 Å². The molecular formula is C11H16ClFN4O. The van der Waals surface area contributed by atoms with E-state index in [1.54, 1.807) is 14.1 Å². The Bertz CT molecular complexity index is 465. The fraction of sp³-hybridized carbons (Fsp3) is 0.364. The number of nitrogens with two attached hydrogens (primary N) is 2. The molecule has 0 aliphatic carbocycles. The summed E-state index contributed by atoms with van der Waals surface area (Å²) in [5.74, 6) is -0.769. The van der Waals surface area contributed by atoms with Gasteiger partial charge in [-0.25, -0.2) is 4.39 Å². The van der Waals surface area contributed by atoms with Crippen molar-refractivity contribution in [3.8, 4) is 0 Å². The molecule has 1 aromatic carbocycles. The Balaban J connectivity index is 2.74. The number of nitrogens with zero attached hydrogens (tertiary/aromatic N) is 1. The van der Waals surface area contributed by atoms with Crippen molar-refractivity contribution in [2.24, 2.45) is 0 Å². The van der Waals surface area contributed by atoms with Crippen molar-refractivity contribution in [3.63, 3.8) is 0 Å². The average Bonchev–Trinajstić information content (AvgIpc) is 2.30. The summed E-state index contributed by atoms with van der Waals surface area (Å²) in [6, 6.07) is 1.38. The summed E-state index contributed by atoms with van der Waals surface area (Å²) in [5, 5.41) is 2.57. The molecule has 5 nitrogen and oxygen atoms in total. The van der Waals surface area contributed by atoms with Crippen LogP contribution in [-0.4, -0.2) is 31.4 Å². The molecule has 0 fully saturated rings. The van der Waals surface area contributed by atoms with Gasteiger partial charge >= 0.3 is 0 Å². The number of hydrogen-bond donors (Lipinski definition) is 3. The lowest BCUT2D eigenvalue weighted by atomic mass is 10.2. The zero-order valence-corrected chi connectivity index (χ0v) is 11.0. The van der Waals surface area contributed by atoms with Crippen LogP contribution in [0.1, 0.15) is 6.42 Å². The van der Waals surface area contributed by atoms with E-state index in [1.165, 1.54) is 11.0 Å². The largest absolute Gasteiger partial charge is 0.397 e. The summed E-state index contributed by atoms with van der Waals surface area (Å²) in [6.07, 6.45) is 0.230. The smallest absolute Gasteiger partial charge is 0.223 e. The van der Waals surface area contributed by atoms with Crippen LogP contribution in [0.2, 0.25) is 5.02 Å². The SMILES string of the molecule is CN(C)C(=O)CCNc1c(N)cc(N)c(Cl)c1F. The van der Waals surface area contributed by atoms with E-state index in [0.717, 1.165) is 0 Å². The molecule has 18 heavy (non-hydrogen) atoms. The lowest BCUT2D eigenvalue weighted by Gasteiger charge is -2.14. The number of nitrogens with one attached hydrogen (secondary N) is 1. The quantitative estimate of drug-likeness (QED) is 0.727. The van der Waals surface area contributed by atoms with Gasteiger partial charge in [0.1, 0.15) is 5.02 Å². The normalized spacial score (nSPS) is 10.2. The summed E-state index contributed by atoms with van der Waals surface area (Å²) in [5.41, 5.74) is 11.4. The number of hydrogen-bond acceptors (Lipinski definition) is 4. The van der Waals surface area contributed by atoms with Crippen molar-refractivity contribution >= 4 is 34.6 Å². The Morgan fingerprint density at radius 2 is 2.06 bits per heavy atom. The van der Waals surface area contributed by atoms with Crippen molar-refractivity contribution in [1.82, 2.24) is 4.90 Å². The third kappa shape index (κ3) is 3.16. The first kappa shape index (κ1) is 14.4. The molecule has 7 heteroatoms. The zero-order chi connectivity index (χ0) is 13.9. The molecule has 1 aromatic rings. The molecule has 0 radical (unpaired) electrons. The summed E-state index contributed by atoms with van der Waals surface area (Å²) in [6.45, 7) is 0.262. The molecule has 1 amide bonds. The number of rotatable bonds is 4. The van der Waals surface area contributed by atoms with Gasteiger partial charge in [-0.05, 0) is 6.07 Å². The second-order valence-electron chi connectivity index (χ2n) is 4.02. The maximum atomic E-state index is 13.8. The molecule has 0 aliphatic heterocycles. The second-order valence-corrected chi connectivity index (χ2v) is 4.40. The first-order valence-electron chi connectivity index (χ1n) is 5.31. The molecule has 0 atom stereocenters. The van der Waals surface area contributed by atoms with Crippen LogP contribution in [-0.2, 0) is 4.79 Å². The second kappa shape index (κ2) is 5.77. The van der Waals surface area contributed by atoms with E-state index in [1.807, 2.05) is 0 Å². The molecule has 0 aliphatic rings. The van der Waals surface area contributed by atoms with Crippen LogP contribution in [0.5, 0.6) is 0 Å². The summed E-state index contributed by atoms with van der Waals surface area (Å²) in [4.78, 5) is 12.8. The maximum Gasteiger partial charge on any atom is 0.223 e. The van der Waals surface area contributed by atoms with E-state index in [9.17, 15) is 9.18 Å². The van der Waals surface area contributed by atoms with E-state index >= 15 is 0 Å². The zero-order valence-electron chi connectivity index (χ0n) is 10.3. The van der Waals surface area contributed by atoms with E-state index in [4.69, 9.17) is 23.1 Å². The van der Waals surface area contributed by atoms with Gasteiger partial charge in [-0.1, -0.05) is 11.6 Å². The minimum atomic E-state index is -0.702. The van der Waals surface area contributed by atoms with Crippen molar-refractivity contribution in [2.45, 2.75) is 6.42 Å². The highest BCUT2D eigenvalue weighted by atomic mass is 35.5. The number of carbonyl (C=O) groups excluding carboxylic acids is 1. The molecule has 0 spiro atoms. The monoisotopic (exact) mass is 274 g/mol. The average molecular weight is 275 g/mol. The first-order chi connectivity index (χ1) is 8.34. The molecule has 0 bridgehead atoms. The Morgan fingerprint density at radius 1 is 1.44 bits per heavy atom. The highest BCUT2D eigenvalue weighted by Crippen LogP contribution is 2.33. The van der Waals surface area contributed by atoms with E-state index in [0.29, 0.717) is 0 Å². The van der Waals surface area contributed by atoms with E-state index in [-0.39, 0.29) is 41.0 Å². The highest BCUT2D eigenvalue weighted by Gasteiger charge is 2.14. The van der Waals surface area contributed by atoms with Crippen LogP contribution in [0.3, 0.4) is 0 Å². The number of benzene rings is 1. The number of carbonyl (C=O) groups is 1. The molecule has 0 heterocycles. The van der Waals surface area contributed by atoms with Gasteiger partial charge in [-0.2, -0.15) is 0 Å². The third-order valence-corrected chi connectivity index (χ3v) is 2.79. The third-order valence-electron chi connectivity index (χ3n) is 2.40. The molecule has 0 saturated carbocycles. The van der Waals surface area contributed by atoms with Crippen molar-refractivity contribution in [1.29, 1.82) is 0 Å². The number of amides is 1. The van der Waals surface area contributed by atoms with Crippen LogP contribution in [0, 0.1) is 5.82 Å². The van der Waals surface area contributed by atoms with Gasteiger partial charge in [0.15, 0.2) is 5.82 Å². The van der Waals surface area contributed by atoms with Gasteiger partial charge in [-0.15, -0.1) is 0 Å². The van der Waals surface area contributed by atoms with Gasteiger partial charge in [0, 0.05) is 27.1 Å². The molecule has 100 valence electrons. The van der Waals surface area contributed by atoms with Crippen LogP contribution >= 0.6 is 11.6 Å². The van der Waals surface area contributed by atoms with Gasteiger partial charge in [0.05, 0.1) is 17.1 Å². The summed E-state index contributed by atoms with van der Waals surface area (Å²) < 4.78 is 13.8. The predicted octanol–water partition coefficient (Wildman–Crippen LogP) is 1.53. The molecule has 5 N–H and O–H groups in total.